The quantitative estimate of drug-likeness (QED) is 0.355. The minimum atomic E-state index is -0.462. The molecule has 42 heavy (non-hydrogen) atoms. The van der Waals surface area contributed by atoms with Crippen molar-refractivity contribution in [2.75, 3.05) is 38.3 Å². The molecule has 1 saturated carbocycles. The molecule has 7 heteroatoms. The number of rotatable bonds is 2. The Labute approximate surface area is 259 Å². The highest BCUT2D eigenvalue weighted by molar-refractivity contribution is 8.13. The van der Waals surface area contributed by atoms with Crippen LogP contribution in [-0.2, 0) is 16.6 Å². The van der Waals surface area contributed by atoms with Crippen molar-refractivity contribution in [3.05, 3.63) is 58.1 Å². The number of benzene rings is 2. The van der Waals surface area contributed by atoms with E-state index in [1.54, 1.807) is 0 Å². The van der Waals surface area contributed by atoms with Crippen LogP contribution in [-0.4, -0.2) is 50.4 Å². The van der Waals surface area contributed by atoms with Crippen LogP contribution >= 0.6 is 22.3 Å². The fourth-order valence-corrected chi connectivity index (χ4v) is 9.54. The number of anilines is 1. The Hall–Kier alpha value is -2.02. The zero-order valence-corrected chi connectivity index (χ0v) is 27.1. The summed E-state index contributed by atoms with van der Waals surface area (Å²) in [6, 6.07) is 12.5. The van der Waals surface area contributed by atoms with E-state index in [-0.39, 0.29) is 11.3 Å². The van der Waals surface area contributed by atoms with Crippen LogP contribution in [0.2, 0.25) is 5.02 Å². The van der Waals surface area contributed by atoms with Crippen molar-refractivity contribution in [1.29, 1.82) is 0 Å². The van der Waals surface area contributed by atoms with Gasteiger partial charge in [-0.25, -0.2) is 0 Å². The van der Waals surface area contributed by atoms with Crippen LogP contribution in [0.15, 0.2) is 36.4 Å². The summed E-state index contributed by atoms with van der Waals surface area (Å²) in [5, 5.41) is 1.12. The number of carbonyl (C=O) groups excluding carboxylic acids is 1. The molecule has 2 aromatic carbocycles. The highest BCUT2D eigenvalue weighted by atomic mass is 35.5. The summed E-state index contributed by atoms with van der Waals surface area (Å²) in [7, 11) is 1.39. The van der Waals surface area contributed by atoms with Gasteiger partial charge in [-0.3, -0.25) is 4.79 Å². The van der Waals surface area contributed by atoms with Crippen LogP contribution in [0.4, 0.5) is 5.69 Å². The molecule has 0 saturated heterocycles. The number of ether oxygens (including phenoxy) is 2. The van der Waals surface area contributed by atoms with Crippen molar-refractivity contribution in [3.63, 3.8) is 0 Å². The number of fused-ring (bicyclic) bond motifs is 4. The van der Waals surface area contributed by atoms with E-state index in [4.69, 9.17) is 21.1 Å². The lowest BCUT2D eigenvalue weighted by atomic mass is 9.65. The monoisotopic (exact) mass is 610 g/mol. The molecule has 2 aromatic rings. The summed E-state index contributed by atoms with van der Waals surface area (Å²) in [5.74, 6) is 7.59. The van der Waals surface area contributed by atoms with Gasteiger partial charge in [-0.15, -0.1) is 0 Å². The second-order valence-electron chi connectivity index (χ2n) is 13.5. The average Bonchev–Trinajstić information content (AvgIpc) is 3.11. The third-order valence-corrected chi connectivity index (χ3v) is 13.0. The van der Waals surface area contributed by atoms with Crippen LogP contribution in [0.5, 0.6) is 5.75 Å². The zero-order chi connectivity index (χ0) is 29.4. The van der Waals surface area contributed by atoms with Gasteiger partial charge < -0.3 is 19.1 Å². The zero-order valence-electron chi connectivity index (χ0n) is 25.5. The molecule has 2 heterocycles. The lowest BCUT2D eigenvalue weighted by Crippen LogP contribution is -2.49. The van der Waals surface area contributed by atoms with Crippen LogP contribution in [0.1, 0.15) is 80.3 Å². The fourth-order valence-electron chi connectivity index (χ4n) is 8.10. The summed E-state index contributed by atoms with van der Waals surface area (Å²) in [4.78, 5) is 16.1. The smallest absolute Gasteiger partial charge is 0.260 e. The molecule has 1 amide bonds. The van der Waals surface area contributed by atoms with E-state index in [2.05, 4.69) is 47.5 Å². The van der Waals surface area contributed by atoms with Gasteiger partial charge in [0.25, 0.3) is 5.91 Å². The minimum Gasteiger partial charge on any atom is -0.490 e. The number of hydrogen-bond acceptors (Lipinski definition) is 4. The summed E-state index contributed by atoms with van der Waals surface area (Å²) < 4.78 is 15.7. The summed E-state index contributed by atoms with van der Waals surface area (Å²) >= 11 is 6.45. The van der Waals surface area contributed by atoms with Crippen LogP contribution in [0, 0.1) is 23.7 Å². The lowest BCUT2D eigenvalue weighted by Gasteiger charge is -2.47. The highest BCUT2D eigenvalue weighted by Crippen LogP contribution is 2.48. The summed E-state index contributed by atoms with van der Waals surface area (Å²) in [6.45, 7) is 7.88. The van der Waals surface area contributed by atoms with Gasteiger partial charge in [-0.1, -0.05) is 54.5 Å². The molecule has 0 aromatic heterocycles. The van der Waals surface area contributed by atoms with Gasteiger partial charge in [0.05, 0.1) is 12.3 Å². The van der Waals surface area contributed by atoms with Crippen LogP contribution < -0.4 is 14.4 Å². The van der Waals surface area contributed by atoms with E-state index in [0.29, 0.717) is 41.1 Å². The van der Waals surface area contributed by atoms with E-state index >= 15 is 0 Å². The SMILES string of the molecule is C=S1NC(=O)c2ccc3c(c2)N(CC2CCC2[C@H](COC)CCCC(C)C1C)C[C@@]1(CCCc2cc(Cl)ccc21)CO3. The fraction of sp³-hybridized carbons (Fsp3) is 0.600. The van der Waals surface area contributed by atoms with Crippen molar-refractivity contribution in [2.45, 2.75) is 75.9 Å². The molecule has 1 fully saturated rings. The highest BCUT2D eigenvalue weighted by Gasteiger charge is 2.44. The maximum Gasteiger partial charge on any atom is 0.260 e. The molecule has 1 N–H and O–H groups in total. The Bertz CT molecular complexity index is 1330. The molecule has 6 rings (SSSR count). The molecule has 228 valence electrons. The van der Waals surface area contributed by atoms with Crippen molar-refractivity contribution in [2.24, 2.45) is 23.7 Å². The molecule has 5 nitrogen and oxygen atoms in total. The largest absolute Gasteiger partial charge is 0.490 e. The Morgan fingerprint density at radius 2 is 2.00 bits per heavy atom. The number of hydrogen-bond donors (Lipinski definition) is 1. The number of amides is 1. The topological polar surface area (TPSA) is 50.8 Å². The summed E-state index contributed by atoms with van der Waals surface area (Å²) in [5.41, 5.74) is 4.35. The molecule has 2 aliphatic carbocycles. The standard InChI is InChI=1S/C35H47ClN2O3S/c1-23-7-5-8-28(20-40-3)30-13-10-27(30)19-38-21-35(16-6-9-25-17-29(36)12-14-31(25)35)22-41-33-15-11-26(18-32(33)38)34(39)37-42(4)24(23)2/h11-12,14-15,17-18,23-24,27-28,30H,4-10,13,16,19-22H2,1-3H3,(H,37,39)/t23?,24?,27?,28-,30?,35-,42?/m0/s1. The Balaban J connectivity index is 1.40. The van der Waals surface area contributed by atoms with Gasteiger partial charge >= 0.3 is 0 Å². The van der Waals surface area contributed by atoms with Gasteiger partial charge in [0.2, 0.25) is 0 Å². The number of nitrogens with zero attached hydrogens (tertiary/aromatic N) is 1. The molecule has 0 radical (unpaired) electrons. The van der Waals surface area contributed by atoms with Crippen LogP contribution in [0.3, 0.4) is 0 Å². The molecule has 5 unspecified atom stereocenters. The van der Waals surface area contributed by atoms with Gasteiger partial charge in [-0.05, 0) is 110 Å². The Morgan fingerprint density at radius 3 is 2.79 bits per heavy atom. The Morgan fingerprint density at radius 1 is 1.14 bits per heavy atom. The first-order chi connectivity index (χ1) is 20.3. The van der Waals surface area contributed by atoms with Gasteiger partial charge in [0.15, 0.2) is 0 Å². The predicted molar refractivity (Wildman–Crippen MR) is 176 cm³/mol. The second kappa shape index (κ2) is 12.5. The maximum atomic E-state index is 13.5. The van der Waals surface area contributed by atoms with Gasteiger partial charge in [-0.2, -0.15) is 0 Å². The van der Waals surface area contributed by atoms with Crippen molar-refractivity contribution in [1.82, 2.24) is 4.72 Å². The van der Waals surface area contributed by atoms with E-state index < -0.39 is 10.7 Å². The molecule has 1 spiro atoms. The number of carbonyl (C=O) groups is 1. The molecule has 4 aliphatic rings. The molecular formula is C35H47ClN2O3S. The molecule has 2 bridgehead atoms. The van der Waals surface area contributed by atoms with Gasteiger partial charge in [0, 0.05) is 48.1 Å². The van der Waals surface area contributed by atoms with Crippen molar-refractivity contribution >= 4 is 39.7 Å². The second-order valence-corrected chi connectivity index (χ2v) is 15.7. The van der Waals surface area contributed by atoms with E-state index in [1.165, 1.54) is 36.8 Å². The first kappa shape index (κ1) is 30.0. The normalized spacial score (nSPS) is 33.4. The first-order valence-corrected chi connectivity index (χ1v) is 17.7. The van der Waals surface area contributed by atoms with Gasteiger partial charge in [0.1, 0.15) is 5.75 Å². The third kappa shape index (κ3) is 5.88. The maximum absolute atomic E-state index is 13.5. The van der Waals surface area contributed by atoms with Crippen LogP contribution in [0.25, 0.3) is 0 Å². The first-order valence-electron chi connectivity index (χ1n) is 15.9. The number of nitrogens with one attached hydrogen (secondary N) is 1. The predicted octanol–water partition coefficient (Wildman–Crippen LogP) is 7.66. The third-order valence-electron chi connectivity index (χ3n) is 10.9. The number of methoxy groups -OCH3 is 1. The number of aryl methyl sites for hydroxylation is 1. The Kier molecular flexibility index (Phi) is 8.96. The van der Waals surface area contributed by atoms with E-state index in [1.807, 2.05) is 25.3 Å². The van der Waals surface area contributed by atoms with E-state index in [9.17, 15) is 4.79 Å². The minimum absolute atomic E-state index is 0.0412. The molecule has 2 aliphatic heterocycles. The lowest BCUT2D eigenvalue weighted by molar-refractivity contribution is 0.0383. The van der Waals surface area contributed by atoms with Crippen molar-refractivity contribution in [3.8, 4) is 5.75 Å². The molecular weight excluding hydrogens is 564 g/mol. The van der Waals surface area contributed by atoms with E-state index in [0.717, 1.165) is 61.8 Å². The molecule has 7 atom stereocenters. The summed E-state index contributed by atoms with van der Waals surface area (Å²) in [6.07, 6.45) is 9.33. The van der Waals surface area contributed by atoms with Crippen molar-refractivity contribution < 1.29 is 14.3 Å². The number of halogens is 1. The average molecular weight is 611 g/mol.